The Labute approximate surface area is 106 Å². The molecule has 0 bridgehead atoms. The highest BCUT2D eigenvalue weighted by molar-refractivity contribution is 9.10. The molecular formula is C14H16BrN. The van der Waals surface area contributed by atoms with Gasteiger partial charge >= 0.3 is 0 Å². The van der Waals surface area contributed by atoms with Gasteiger partial charge in [0.05, 0.1) is 0 Å². The van der Waals surface area contributed by atoms with Gasteiger partial charge < -0.3 is 5.32 Å². The maximum atomic E-state index is 3.62. The first kappa shape index (κ1) is 11.7. The molecule has 2 heteroatoms. The van der Waals surface area contributed by atoms with Gasteiger partial charge in [-0.05, 0) is 37.0 Å². The Balaban J connectivity index is 2.00. The minimum Gasteiger partial charge on any atom is -0.309 e. The Hall–Kier alpha value is -0.780. The second-order valence-corrected chi connectivity index (χ2v) is 4.88. The molecule has 1 unspecified atom stereocenters. The van der Waals surface area contributed by atoms with Gasteiger partial charge in [-0.25, -0.2) is 0 Å². The fourth-order valence-electron chi connectivity index (χ4n) is 2.26. The van der Waals surface area contributed by atoms with Crippen LogP contribution in [0, 0.1) is 11.8 Å². The molecule has 0 saturated heterocycles. The third kappa shape index (κ3) is 2.48. The smallest absolute Gasteiger partial charge is 0.0326 e. The Kier molecular flexibility index (Phi) is 4.04. The van der Waals surface area contributed by atoms with Gasteiger partial charge in [-0.3, -0.25) is 0 Å². The highest BCUT2D eigenvalue weighted by Gasteiger charge is 2.22. The van der Waals surface area contributed by atoms with Crippen molar-refractivity contribution in [1.29, 1.82) is 0 Å². The quantitative estimate of drug-likeness (QED) is 0.659. The van der Waals surface area contributed by atoms with Crippen molar-refractivity contribution in [2.75, 3.05) is 6.54 Å². The lowest BCUT2D eigenvalue weighted by Crippen LogP contribution is -2.20. The number of nitrogens with one attached hydrogen (secondary N) is 1. The molecule has 1 aromatic rings. The predicted molar refractivity (Wildman–Crippen MR) is 71.3 cm³/mol. The Morgan fingerprint density at radius 1 is 1.50 bits per heavy atom. The van der Waals surface area contributed by atoms with Crippen molar-refractivity contribution >= 4 is 15.9 Å². The second kappa shape index (κ2) is 5.52. The summed E-state index contributed by atoms with van der Waals surface area (Å²) >= 11 is 3.62. The Morgan fingerprint density at radius 2 is 2.38 bits per heavy atom. The van der Waals surface area contributed by atoms with Gasteiger partial charge in [0, 0.05) is 23.5 Å². The van der Waals surface area contributed by atoms with E-state index in [0.717, 1.165) is 13.0 Å². The van der Waals surface area contributed by atoms with Gasteiger partial charge in [0.25, 0.3) is 0 Å². The van der Waals surface area contributed by atoms with Crippen LogP contribution in [0.4, 0.5) is 0 Å². The SMILES string of the molecule is CC#CCCNC1CCc2c(Br)cccc21. The first-order valence-corrected chi connectivity index (χ1v) is 6.52. The molecule has 16 heavy (non-hydrogen) atoms. The molecule has 0 radical (unpaired) electrons. The zero-order chi connectivity index (χ0) is 11.4. The second-order valence-electron chi connectivity index (χ2n) is 4.03. The van der Waals surface area contributed by atoms with Gasteiger partial charge in [-0.2, -0.15) is 0 Å². The molecule has 0 aromatic heterocycles. The molecule has 0 heterocycles. The summed E-state index contributed by atoms with van der Waals surface area (Å²) in [6.07, 6.45) is 3.32. The average molecular weight is 278 g/mol. The van der Waals surface area contributed by atoms with Crippen molar-refractivity contribution in [3.05, 3.63) is 33.8 Å². The summed E-state index contributed by atoms with van der Waals surface area (Å²) in [5.74, 6) is 6.01. The first-order valence-electron chi connectivity index (χ1n) is 5.73. The molecule has 0 spiro atoms. The number of rotatable bonds is 3. The Bertz CT molecular complexity index is 428. The van der Waals surface area contributed by atoms with Crippen LogP contribution in [0.25, 0.3) is 0 Å². The summed E-state index contributed by atoms with van der Waals surface area (Å²) in [6, 6.07) is 7.00. The van der Waals surface area contributed by atoms with Gasteiger partial charge in [0.15, 0.2) is 0 Å². The maximum absolute atomic E-state index is 3.62. The van der Waals surface area contributed by atoms with Crippen LogP contribution in [0.15, 0.2) is 22.7 Å². The van der Waals surface area contributed by atoms with Gasteiger partial charge in [0.1, 0.15) is 0 Å². The lowest BCUT2D eigenvalue weighted by molar-refractivity contribution is 0.539. The summed E-state index contributed by atoms with van der Waals surface area (Å²) in [6.45, 7) is 2.87. The summed E-state index contributed by atoms with van der Waals surface area (Å²) in [5.41, 5.74) is 2.93. The zero-order valence-electron chi connectivity index (χ0n) is 9.52. The van der Waals surface area contributed by atoms with E-state index in [1.54, 1.807) is 0 Å². The number of halogens is 1. The van der Waals surface area contributed by atoms with Crippen LogP contribution in [-0.4, -0.2) is 6.54 Å². The van der Waals surface area contributed by atoms with Crippen LogP contribution in [0.2, 0.25) is 0 Å². The van der Waals surface area contributed by atoms with Crippen LogP contribution < -0.4 is 5.32 Å². The molecule has 0 saturated carbocycles. The van der Waals surface area contributed by atoms with Crippen LogP contribution in [0.3, 0.4) is 0 Å². The number of fused-ring (bicyclic) bond motifs is 1. The molecule has 0 aliphatic heterocycles. The molecular weight excluding hydrogens is 262 g/mol. The molecule has 1 aliphatic carbocycles. The van der Waals surface area contributed by atoms with Crippen LogP contribution in [-0.2, 0) is 6.42 Å². The highest BCUT2D eigenvalue weighted by atomic mass is 79.9. The topological polar surface area (TPSA) is 12.0 Å². The van der Waals surface area contributed by atoms with Crippen LogP contribution in [0.1, 0.15) is 36.9 Å². The normalized spacial score (nSPS) is 17.8. The van der Waals surface area contributed by atoms with Crippen molar-refractivity contribution in [1.82, 2.24) is 5.32 Å². The van der Waals surface area contributed by atoms with E-state index in [2.05, 4.69) is 51.3 Å². The van der Waals surface area contributed by atoms with E-state index < -0.39 is 0 Å². The van der Waals surface area contributed by atoms with Crippen LogP contribution in [0.5, 0.6) is 0 Å². The summed E-state index contributed by atoms with van der Waals surface area (Å²) in [4.78, 5) is 0. The zero-order valence-corrected chi connectivity index (χ0v) is 11.1. The third-order valence-corrected chi connectivity index (χ3v) is 3.77. The molecule has 84 valence electrons. The summed E-state index contributed by atoms with van der Waals surface area (Å²) in [7, 11) is 0. The van der Waals surface area contributed by atoms with Crippen molar-refractivity contribution in [3.63, 3.8) is 0 Å². The fraction of sp³-hybridized carbons (Fsp3) is 0.429. The predicted octanol–water partition coefficient (Wildman–Crippen LogP) is 3.44. The van der Waals surface area contributed by atoms with Gasteiger partial charge in [-0.1, -0.05) is 28.1 Å². The monoisotopic (exact) mass is 277 g/mol. The molecule has 0 fully saturated rings. The number of hydrogen-bond donors (Lipinski definition) is 1. The van der Waals surface area contributed by atoms with Crippen molar-refractivity contribution in [2.24, 2.45) is 0 Å². The van der Waals surface area contributed by atoms with E-state index in [4.69, 9.17) is 0 Å². The largest absolute Gasteiger partial charge is 0.309 e. The lowest BCUT2D eigenvalue weighted by Gasteiger charge is -2.13. The maximum Gasteiger partial charge on any atom is 0.0326 e. The first-order chi connectivity index (χ1) is 7.83. The third-order valence-electron chi connectivity index (χ3n) is 3.03. The average Bonchev–Trinajstić information content (AvgIpc) is 2.70. The number of hydrogen-bond acceptors (Lipinski definition) is 1. The van der Waals surface area contributed by atoms with E-state index in [0.29, 0.717) is 6.04 Å². The molecule has 1 N–H and O–H groups in total. The van der Waals surface area contributed by atoms with Gasteiger partial charge in [-0.15, -0.1) is 11.8 Å². The van der Waals surface area contributed by atoms with Gasteiger partial charge in [0.2, 0.25) is 0 Å². The molecule has 1 aliphatic rings. The fourth-order valence-corrected chi connectivity index (χ4v) is 2.84. The standard InChI is InChI=1S/C14H16BrN/c1-2-3-4-10-16-14-9-8-11-12(14)6-5-7-13(11)15/h5-7,14,16H,4,8-10H2,1H3. The van der Waals surface area contributed by atoms with Crippen molar-refractivity contribution in [3.8, 4) is 11.8 Å². The minimum absolute atomic E-state index is 0.520. The molecule has 1 aromatic carbocycles. The number of benzene rings is 1. The van der Waals surface area contributed by atoms with E-state index in [9.17, 15) is 0 Å². The van der Waals surface area contributed by atoms with Crippen molar-refractivity contribution < 1.29 is 0 Å². The molecule has 1 nitrogen and oxygen atoms in total. The lowest BCUT2D eigenvalue weighted by atomic mass is 10.1. The molecule has 1 atom stereocenters. The summed E-state index contributed by atoms with van der Waals surface area (Å²) in [5, 5.41) is 3.58. The Morgan fingerprint density at radius 3 is 3.19 bits per heavy atom. The summed E-state index contributed by atoms with van der Waals surface area (Å²) < 4.78 is 1.25. The highest BCUT2D eigenvalue weighted by Crippen LogP contribution is 2.35. The van der Waals surface area contributed by atoms with E-state index in [1.165, 1.54) is 28.4 Å². The molecule has 0 amide bonds. The minimum atomic E-state index is 0.520. The van der Waals surface area contributed by atoms with E-state index >= 15 is 0 Å². The van der Waals surface area contributed by atoms with Crippen LogP contribution >= 0.6 is 15.9 Å². The molecule has 2 rings (SSSR count). The van der Waals surface area contributed by atoms with E-state index in [-0.39, 0.29) is 0 Å². The van der Waals surface area contributed by atoms with Crippen molar-refractivity contribution in [2.45, 2.75) is 32.2 Å². The van der Waals surface area contributed by atoms with E-state index in [1.807, 2.05) is 6.92 Å².